The lowest BCUT2D eigenvalue weighted by atomic mass is 9.76. The lowest BCUT2D eigenvalue weighted by molar-refractivity contribution is 0.102. The van der Waals surface area contributed by atoms with Gasteiger partial charge in [-0.2, -0.15) is 0 Å². The fourth-order valence-electron chi connectivity index (χ4n) is 4.16. The van der Waals surface area contributed by atoms with E-state index in [1.165, 1.54) is 11.4 Å². The summed E-state index contributed by atoms with van der Waals surface area (Å²) in [5.74, 6) is -1.13. The highest BCUT2D eigenvalue weighted by molar-refractivity contribution is 7.13. The van der Waals surface area contributed by atoms with Crippen molar-refractivity contribution in [2.45, 2.75) is 38.1 Å². The van der Waals surface area contributed by atoms with Crippen LogP contribution in [0.4, 0.5) is 14.5 Å². The first-order chi connectivity index (χ1) is 14.4. The molecule has 30 heavy (non-hydrogen) atoms. The zero-order valence-electron chi connectivity index (χ0n) is 16.4. The van der Waals surface area contributed by atoms with Crippen LogP contribution >= 0.6 is 11.3 Å². The standard InChI is InChI=1S/C22H22F2N4OS/c1-12-7-13(9-14(25)8-12)15-5-6-26-10-18(15)27-21(29)19-11-30-22(28-19)20-16(23)3-2-4-17(20)24/h2-6,10-14H,7-9,25H2,1H3,(H,27,29)/t12-,13+,14+/m0/s1. The van der Waals surface area contributed by atoms with Gasteiger partial charge in [-0.3, -0.25) is 9.78 Å². The molecule has 0 unspecified atom stereocenters. The number of pyridine rings is 1. The molecule has 1 aliphatic carbocycles. The summed E-state index contributed by atoms with van der Waals surface area (Å²) in [7, 11) is 0. The molecule has 8 heteroatoms. The summed E-state index contributed by atoms with van der Waals surface area (Å²) in [5, 5.41) is 4.47. The van der Waals surface area contributed by atoms with E-state index in [9.17, 15) is 13.6 Å². The molecular weight excluding hydrogens is 406 g/mol. The molecule has 0 bridgehead atoms. The number of halogens is 2. The Bertz CT molecular complexity index is 1040. The van der Waals surface area contributed by atoms with Gasteiger partial charge in [0.2, 0.25) is 0 Å². The molecule has 1 saturated carbocycles. The molecule has 156 valence electrons. The normalized spacial score (nSPS) is 21.4. The minimum Gasteiger partial charge on any atom is -0.328 e. The summed E-state index contributed by atoms with van der Waals surface area (Å²) < 4.78 is 28.0. The zero-order chi connectivity index (χ0) is 21.3. The second-order valence-electron chi connectivity index (χ2n) is 7.82. The Labute approximate surface area is 177 Å². The van der Waals surface area contributed by atoms with E-state index < -0.39 is 17.5 Å². The van der Waals surface area contributed by atoms with Crippen molar-refractivity contribution in [3.8, 4) is 10.6 Å². The van der Waals surface area contributed by atoms with E-state index in [0.29, 0.717) is 11.6 Å². The molecule has 2 heterocycles. The highest BCUT2D eigenvalue weighted by atomic mass is 32.1. The highest BCUT2D eigenvalue weighted by Gasteiger charge is 2.27. The molecule has 5 nitrogen and oxygen atoms in total. The van der Waals surface area contributed by atoms with E-state index in [0.717, 1.165) is 48.3 Å². The van der Waals surface area contributed by atoms with Gasteiger partial charge in [0.25, 0.3) is 5.91 Å². The van der Waals surface area contributed by atoms with Crippen molar-refractivity contribution in [2.75, 3.05) is 5.32 Å². The van der Waals surface area contributed by atoms with Gasteiger partial charge >= 0.3 is 0 Å². The van der Waals surface area contributed by atoms with Gasteiger partial charge in [-0.1, -0.05) is 13.0 Å². The quantitative estimate of drug-likeness (QED) is 0.615. The topological polar surface area (TPSA) is 80.9 Å². The second-order valence-corrected chi connectivity index (χ2v) is 8.68. The Morgan fingerprint density at radius 1 is 1.20 bits per heavy atom. The van der Waals surface area contributed by atoms with E-state index >= 15 is 0 Å². The van der Waals surface area contributed by atoms with Crippen LogP contribution in [-0.2, 0) is 0 Å². The lowest BCUT2D eigenvalue weighted by Crippen LogP contribution is -2.31. The Hall–Kier alpha value is -2.71. The molecule has 0 aliphatic heterocycles. The number of thiazole rings is 1. The first-order valence-electron chi connectivity index (χ1n) is 9.83. The number of carbonyl (C=O) groups excluding carboxylic acids is 1. The van der Waals surface area contributed by atoms with Crippen LogP contribution in [-0.4, -0.2) is 21.9 Å². The number of anilines is 1. The van der Waals surface area contributed by atoms with Gasteiger partial charge in [-0.15, -0.1) is 11.3 Å². The summed E-state index contributed by atoms with van der Waals surface area (Å²) >= 11 is 1.02. The molecule has 0 radical (unpaired) electrons. The van der Waals surface area contributed by atoms with Crippen LogP contribution in [0.15, 0.2) is 42.0 Å². The average Bonchev–Trinajstić information content (AvgIpc) is 3.17. The minimum absolute atomic E-state index is 0.0983. The number of nitrogens with one attached hydrogen (secondary N) is 1. The number of hydrogen-bond acceptors (Lipinski definition) is 5. The number of benzene rings is 1. The van der Waals surface area contributed by atoms with E-state index in [2.05, 4.69) is 22.2 Å². The number of amides is 1. The Morgan fingerprint density at radius 2 is 1.97 bits per heavy atom. The molecule has 4 rings (SSSR count). The van der Waals surface area contributed by atoms with Crippen molar-refractivity contribution in [3.05, 3.63) is 64.9 Å². The summed E-state index contributed by atoms with van der Waals surface area (Å²) in [6.07, 6.45) is 6.16. The van der Waals surface area contributed by atoms with Gasteiger partial charge in [-0.05, 0) is 54.9 Å². The third-order valence-electron chi connectivity index (χ3n) is 5.44. The predicted molar refractivity (Wildman–Crippen MR) is 113 cm³/mol. The number of nitrogens with two attached hydrogens (primary N) is 1. The van der Waals surface area contributed by atoms with Crippen molar-refractivity contribution >= 4 is 22.9 Å². The zero-order valence-corrected chi connectivity index (χ0v) is 17.3. The maximum Gasteiger partial charge on any atom is 0.275 e. The van der Waals surface area contributed by atoms with Crippen LogP contribution in [0.25, 0.3) is 10.6 Å². The SMILES string of the molecule is C[C@@H]1C[C@@H](N)C[C@H](c2ccncc2NC(=O)c2csc(-c3c(F)cccc3F)n2)C1. The number of carbonyl (C=O) groups is 1. The summed E-state index contributed by atoms with van der Waals surface area (Å²) in [5.41, 5.74) is 7.68. The summed E-state index contributed by atoms with van der Waals surface area (Å²) in [6.45, 7) is 2.18. The summed E-state index contributed by atoms with van der Waals surface area (Å²) in [6, 6.07) is 5.66. The van der Waals surface area contributed by atoms with E-state index in [-0.39, 0.29) is 28.2 Å². The van der Waals surface area contributed by atoms with Gasteiger partial charge in [0, 0.05) is 17.6 Å². The third kappa shape index (κ3) is 4.24. The fraction of sp³-hybridized carbons (Fsp3) is 0.318. The van der Waals surface area contributed by atoms with Crippen molar-refractivity contribution < 1.29 is 13.6 Å². The molecule has 2 aromatic heterocycles. The van der Waals surface area contributed by atoms with Gasteiger partial charge in [0.15, 0.2) is 0 Å². The fourth-order valence-corrected chi connectivity index (χ4v) is 5.00. The van der Waals surface area contributed by atoms with Crippen LogP contribution in [0.1, 0.15) is 48.2 Å². The van der Waals surface area contributed by atoms with E-state index in [4.69, 9.17) is 5.73 Å². The van der Waals surface area contributed by atoms with E-state index in [1.807, 2.05) is 6.07 Å². The van der Waals surface area contributed by atoms with E-state index in [1.54, 1.807) is 12.4 Å². The maximum absolute atomic E-state index is 14.0. The number of rotatable bonds is 4. The lowest BCUT2D eigenvalue weighted by Gasteiger charge is -2.32. The molecule has 3 aromatic rings. The number of aromatic nitrogens is 2. The smallest absolute Gasteiger partial charge is 0.275 e. The number of nitrogens with zero attached hydrogens (tertiary/aromatic N) is 2. The van der Waals surface area contributed by atoms with Crippen LogP contribution < -0.4 is 11.1 Å². The molecule has 1 aliphatic rings. The molecule has 3 N–H and O–H groups in total. The van der Waals surface area contributed by atoms with Crippen molar-refractivity contribution in [1.82, 2.24) is 9.97 Å². The van der Waals surface area contributed by atoms with Crippen molar-refractivity contribution in [2.24, 2.45) is 11.7 Å². The van der Waals surface area contributed by atoms with Crippen molar-refractivity contribution in [1.29, 1.82) is 0 Å². The van der Waals surface area contributed by atoms with Crippen molar-refractivity contribution in [3.63, 3.8) is 0 Å². The number of hydrogen-bond donors (Lipinski definition) is 2. The Morgan fingerprint density at radius 3 is 2.70 bits per heavy atom. The predicted octanol–water partition coefficient (Wildman–Crippen LogP) is 4.97. The minimum atomic E-state index is -0.714. The highest BCUT2D eigenvalue weighted by Crippen LogP contribution is 2.38. The summed E-state index contributed by atoms with van der Waals surface area (Å²) in [4.78, 5) is 21.1. The average molecular weight is 429 g/mol. The molecule has 1 aromatic carbocycles. The largest absolute Gasteiger partial charge is 0.328 e. The third-order valence-corrected chi connectivity index (χ3v) is 6.30. The first-order valence-corrected chi connectivity index (χ1v) is 10.7. The monoisotopic (exact) mass is 428 g/mol. The van der Waals surface area contributed by atoms with Crippen LogP contribution in [0, 0.1) is 17.6 Å². The van der Waals surface area contributed by atoms with Gasteiger partial charge in [0.1, 0.15) is 22.3 Å². The molecule has 1 fully saturated rings. The molecule has 1 amide bonds. The Kier molecular flexibility index (Phi) is 5.87. The van der Waals surface area contributed by atoms with Gasteiger partial charge in [-0.25, -0.2) is 13.8 Å². The van der Waals surface area contributed by atoms with Crippen LogP contribution in [0.5, 0.6) is 0 Å². The van der Waals surface area contributed by atoms with Gasteiger partial charge < -0.3 is 11.1 Å². The maximum atomic E-state index is 14.0. The molecule has 0 spiro atoms. The van der Waals surface area contributed by atoms with Crippen LogP contribution in [0.3, 0.4) is 0 Å². The van der Waals surface area contributed by atoms with Crippen LogP contribution in [0.2, 0.25) is 0 Å². The molecular formula is C22H22F2N4OS. The first kappa shape index (κ1) is 20.6. The van der Waals surface area contributed by atoms with Gasteiger partial charge in [0.05, 0.1) is 17.4 Å². The second kappa shape index (κ2) is 8.57. The molecule has 3 atom stereocenters. The Balaban J connectivity index is 1.57. The molecule has 0 saturated heterocycles.